The van der Waals surface area contributed by atoms with E-state index >= 15 is 0 Å². The highest BCUT2D eigenvalue weighted by Gasteiger charge is 2.27. The van der Waals surface area contributed by atoms with E-state index in [1.54, 1.807) is 12.3 Å². The first-order valence-electron chi connectivity index (χ1n) is 6.77. The van der Waals surface area contributed by atoms with Gasteiger partial charge in [-0.1, -0.05) is 6.92 Å². The van der Waals surface area contributed by atoms with Crippen LogP contribution < -0.4 is 5.32 Å². The fraction of sp³-hybridized carbons (Fsp3) is 0.571. The summed E-state index contributed by atoms with van der Waals surface area (Å²) in [6, 6.07) is 4.37. The molecule has 0 unspecified atom stereocenters. The summed E-state index contributed by atoms with van der Waals surface area (Å²) in [6.45, 7) is 5.18. The van der Waals surface area contributed by atoms with Crippen LogP contribution in [0.4, 0.5) is 5.69 Å². The number of hydrogen-bond donors (Lipinski definition) is 1. The van der Waals surface area contributed by atoms with E-state index in [1.807, 2.05) is 6.07 Å². The Balaban J connectivity index is 1.83. The molecule has 1 saturated carbocycles. The molecule has 1 N–H and O–H groups in total. The van der Waals surface area contributed by atoms with Crippen LogP contribution in [0.1, 0.15) is 30.3 Å². The van der Waals surface area contributed by atoms with Gasteiger partial charge in [0.05, 0.1) is 7.11 Å². The van der Waals surface area contributed by atoms with Crippen molar-refractivity contribution in [3.8, 4) is 0 Å². The lowest BCUT2D eigenvalue weighted by Crippen LogP contribution is -2.30. The molecule has 0 amide bonds. The van der Waals surface area contributed by atoms with Crippen molar-refractivity contribution in [3.63, 3.8) is 0 Å². The molecule has 104 valence electrons. The predicted molar refractivity (Wildman–Crippen MR) is 74.3 cm³/mol. The van der Waals surface area contributed by atoms with Crippen LogP contribution in [0.25, 0.3) is 0 Å². The van der Waals surface area contributed by atoms with Gasteiger partial charge in [0.1, 0.15) is 5.69 Å². The molecule has 0 bridgehead atoms. The minimum Gasteiger partial charge on any atom is -0.464 e. The van der Waals surface area contributed by atoms with Gasteiger partial charge < -0.3 is 10.1 Å². The molecule has 2 rings (SSSR count). The Labute approximate surface area is 114 Å². The fourth-order valence-electron chi connectivity index (χ4n) is 2.14. The van der Waals surface area contributed by atoms with E-state index in [0.717, 1.165) is 31.4 Å². The van der Waals surface area contributed by atoms with E-state index in [2.05, 4.69) is 26.9 Å². The summed E-state index contributed by atoms with van der Waals surface area (Å²) < 4.78 is 4.65. The molecule has 1 aliphatic carbocycles. The van der Waals surface area contributed by atoms with Gasteiger partial charge >= 0.3 is 5.97 Å². The lowest BCUT2D eigenvalue weighted by Gasteiger charge is -2.20. The molecule has 1 aromatic rings. The Bertz CT molecular complexity index is 432. The zero-order valence-electron chi connectivity index (χ0n) is 11.6. The van der Waals surface area contributed by atoms with Gasteiger partial charge in [-0.25, -0.2) is 9.78 Å². The number of nitrogens with zero attached hydrogens (tertiary/aromatic N) is 2. The summed E-state index contributed by atoms with van der Waals surface area (Å²) in [5.74, 6) is -0.406. The highest BCUT2D eigenvalue weighted by atomic mass is 16.5. The van der Waals surface area contributed by atoms with E-state index in [1.165, 1.54) is 20.0 Å². The van der Waals surface area contributed by atoms with Crippen molar-refractivity contribution in [3.05, 3.63) is 24.0 Å². The predicted octanol–water partition coefficient (Wildman–Crippen LogP) is 1.76. The molecule has 5 nitrogen and oxygen atoms in total. The van der Waals surface area contributed by atoms with Crippen LogP contribution in [0.2, 0.25) is 0 Å². The molecular formula is C14H21N3O2. The maximum atomic E-state index is 11.4. The summed E-state index contributed by atoms with van der Waals surface area (Å²) in [4.78, 5) is 17.8. The molecule has 19 heavy (non-hydrogen) atoms. The van der Waals surface area contributed by atoms with Crippen molar-refractivity contribution < 1.29 is 9.53 Å². The number of esters is 1. The number of anilines is 1. The van der Waals surface area contributed by atoms with Crippen LogP contribution >= 0.6 is 0 Å². The lowest BCUT2D eigenvalue weighted by molar-refractivity contribution is 0.0594. The zero-order valence-corrected chi connectivity index (χ0v) is 11.6. The molecule has 0 spiro atoms. The third-order valence-electron chi connectivity index (χ3n) is 3.35. The van der Waals surface area contributed by atoms with Gasteiger partial charge in [0.25, 0.3) is 0 Å². The minimum atomic E-state index is -0.406. The molecule has 0 radical (unpaired) electrons. The maximum absolute atomic E-state index is 11.4. The molecule has 1 fully saturated rings. The van der Waals surface area contributed by atoms with Gasteiger partial charge in [0, 0.05) is 31.0 Å². The Kier molecular flexibility index (Phi) is 4.74. The van der Waals surface area contributed by atoms with E-state index in [-0.39, 0.29) is 0 Å². The van der Waals surface area contributed by atoms with Crippen molar-refractivity contribution in [1.29, 1.82) is 0 Å². The second kappa shape index (κ2) is 6.52. The summed E-state index contributed by atoms with van der Waals surface area (Å²) in [5, 5.41) is 3.32. The third-order valence-corrected chi connectivity index (χ3v) is 3.35. The van der Waals surface area contributed by atoms with Gasteiger partial charge in [0.2, 0.25) is 0 Å². The second-order valence-electron chi connectivity index (χ2n) is 4.71. The summed E-state index contributed by atoms with van der Waals surface area (Å²) in [7, 11) is 1.36. The van der Waals surface area contributed by atoms with Crippen molar-refractivity contribution in [2.75, 3.05) is 32.1 Å². The number of methoxy groups -OCH3 is 1. The molecule has 0 aliphatic heterocycles. The van der Waals surface area contributed by atoms with E-state index in [4.69, 9.17) is 0 Å². The number of aromatic nitrogens is 1. The van der Waals surface area contributed by atoms with Crippen LogP contribution in [-0.4, -0.2) is 48.6 Å². The van der Waals surface area contributed by atoms with Gasteiger partial charge in [-0.15, -0.1) is 0 Å². The number of likely N-dealkylation sites (N-methyl/N-ethyl adjacent to an activating group) is 1. The van der Waals surface area contributed by atoms with Gasteiger partial charge in [-0.3, -0.25) is 4.90 Å². The zero-order chi connectivity index (χ0) is 13.7. The van der Waals surface area contributed by atoms with Gasteiger partial charge in [0.15, 0.2) is 0 Å². The smallest absolute Gasteiger partial charge is 0.356 e. The Morgan fingerprint density at radius 2 is 2.37 bits per heavy atom. The minimum absolute atomic E-state index is 0.335. The highest BCUT2D eigenvalue weighted by Crippen LogP contribution is 2.25. The number of rotatable bonds is 7. The number of pyridine rings is 1. The number of nitrogens with one attached hydrogen (secondary N) is 1. The standard InChI is InChI=1S/C14H21N3O2/c1-3-17(12-4-5-12)9-8-15-11-6-7-16-13(10-11)14(18)19-2/h6-7,10,12H,3-5,8-9H2,1-2H3,(H,15,16). The summed E-state index contributed by atoms with van der Waals surface area (Å²) >= 11 is 0. The second-order valence-corrected chi connectivity index (χ2v) is 4.71. The third kappa shape index (κ3) is 3.92. The van der Waals surface area contributed by atoms with Crippen LogP contribution in [0, 0.1) is 0 Å². The summed E-state index contributed by atoms with van der Waals surface area (Å²) in [6.07, 6.45) is 4.28. The Hall–Kier alpha value is -1.62. The highest BCUT2D eigenvalue weighted by molar-refractivity contribution is 5.88. The SMILES string of the molecule is CCN(CCNc1ccnc(C(=O)OC)c1)C1CC1. The maximum Gasteiger partial charge on any atom is 0.356 e. The van der Waals surface area contributed by atoms with Crippen LogP contribution in [0.3, 0.4) is 0 Å². The topological polar surface area (TPSA) is 54.5 Å². The normalized spacial score (nSPS) is 14.5. The average molecular weight is 263 g/mol. The van der Waals surface area contributed by atoms with E-state index < -0.39 is 5.97 Å². The number of carbonyl (C=O) groups is 1. The van der Waals surface area contributed by atoms with Crippen LogP contribution in [0.5, 0.6) is 0 Å². The fourth-order valence-corrected chi connectivity index (χ4v) is 2.14. The van der Waals surface area contributed by atoms with E-state index in [9.17, 15) is 4.79 Å². The number of hydrogen-bond acceptors (Lipinski definition) is 5. The number of carbonyl (C=O) groups excluding carboxylic acids is 1. The molecule has 1 aliphatic rings. The number of ether oxygens (including phenoxy) is 1. The monoisotopic (exact) mass is 263 g/mol. The molecule has 1 heterocycles. The largest absolute Gasteiger partial charge is 0.464 e. The lowest BCUT2D eigenvalue weighted by atomic mass is 10.3. The Morgan fingerprint density at radius 1 is 1.58 bits per heavy atom. The first-order chi connectivity index (χ1) is 9.24. The Morgan fingerprint density at radius 3 is 3.00 bits per heavy atom. The molecule has 0 saturated heterocycles. The first-order valence-corrected chi connectivity index (χ1v) is 6.77. The van der Waals surface area contributed by atoms with Crippen molar-refractivity contribution in [2.45, 2.75) is 25.8 Å². The van der Waals surface area contributed by atoms with Crippen LogP contribution in [-0.2, 0) is 4.74 Å². The molecule has 5 heteroatoms. The molecular weight excluding hydrogens is 242 g/mol. The van der Waals surface area contributed by atoms with Gasteiger partial charge in [-0.2, -0.15) is 0 Å². The first kappa shape index (κ1) is 13.8. The molecule has 0 aromatic carbocycles. The van der Waals surface area contributed by atoms with Crippen LogP contribution in [0.15, 0.2) is 18.3 Å². The van der Waals surface area contributed by atoms with Crippen molar-refractivity contribution in [1.82, 2.24) is 9.88 Å². The van der Waals surface area contributed by atoms with E-state index in [0.29, 0.717) is 5.69 Å². The van der Waals surface area contributed by atoms with Gasteiger partial charge in [-0.05, 0) is 31.5 Å². The quantitative estimate of drug-likeness (QED) is 0.760. The molecule has 1 aromatic heterocycles. The van der Waals surface area contributed by atoms with Crippen molar-refractivity contribution in [2.24, 2.45) is 0 Å². The average Bonchev–Trinajstić information content (AvgIpc) is 3.27. The molecule has 0 atom stereocenters. The summed E-state index contributed by atoms with van der Waals surface area (Å²) in [5.41, 5.74) is 1.24. The van der Waals surface area contributed by atoms with Crippen molar-refractivity contribution >= 4 is 11.7 Å².